The summed E-state index contributed by atoms with van der Waals surface area (Å²) in [6.45, 7) is 10.8. The Hall–Kier alpha value is -0.630. The molecule has 3 fully saturated rings. The van der Waals surface area contributed by atoms with Gasteiger partial charge in [0.2, 0.25) is 0 Å². The summed E-state index contributed by atoms with van der Waals surface area (Å²) in [5.74, 6) is 0.774. The van der Waals surface area contributed by atoms with Gasteiger partial charge in [-0.15, -0.1) is 6.58 Å². The van der Waals surface area contributed by atoms with E-state index in [0.717, 1.165) is 44.9 Å². The highest BCUT2D eigenvalue weighted by Crippen LogP contribution is 2.66. The Morgan fingerprint density at radius 2 is 1.73 bits per heavy atom. The molecule has 0 saturated heterocycles. The van der Waals surface area contributed by atoms with Crippen LogP contribution < -0.4 is 0 Å². The molecule has 3 aliphatic carbocycles. The number of aliphatic hydroxyl groups is 1. The molecule has 6 atom stereocenters. The quantitative estimate of drug-likeness (QED) is 0.602. The monoisotopic (exact) mass is 304 g/mol. The zero-order valence-corrected chi connectivity index (χ0v) is 14.5. The molecule has 0 aliphatic heterocycles. The van der Waals surface area contributed by atoms with Gasteiger partial charge in [-0.05, 0) is 67.6 Å². The summed E-state index contributed by atoms with van der Waals surface area (Å²) >= 11 is 0. The molecule has 3 rings (SSSR count). The van der Waals surface area contributed by atoms with Gasteiger partial charge in [0.1, 0.15) is 6.29 Å². The van der Waals surface area contributed by atoms with Crippen LogP contribution in [0.2, 0.25) is 0 Å². The maximum atomic E-state index is 11.8. The normalized spacial score (nSPS) is 54.9. The van der Waals surface area contributed by atoms with Crippen LogP contribution in [0.3, 0.4) is 0 Å². The predicted molar refractivity (Wildman–Crippen MR) is 89.4 cm³/mol. The van der Waals surface area contributed by atoms with Gasteiger partial charge >= 0.3 is 0 Å². The highest BCUT2D eigenvalue weighted by molar-refractivity contribution is 5.60. The van der Waals surface area contributed by atoms with Crippen molar-refractivity contribution in [2.24, 2.45) is 28.1 Å². The van der Waals surface area contributed by atoms with E-state index in [2.05, 4.69) is 27.4 Å². The van der Waals surface area contributed by atoms with Gasteiger partial charge in [0.15, 0.2) is 0 Å². The minimum Gasteiger partial charge on any atom is -0.390 e. The summed E-state index contributed by atoms with van der Waals surface area (Å²) in [6, 6.07) is 0. The van der Waals surface area contributed by atoms with E-state index in [1.807, 2.05) is 6.08 Å². The summed E-state index contributed by atoms with van der Waals surface area (Å²) in [5, 5.41) is 11.5. The maximum Gasteiger partial charge on any atom is 0.126 e. The smallest absolute Gasteiger partial charge is 0.126 e. The molecular weight excluding hydrogens is 272 g/mol. The molecule has 2 heteroatoms. The van der Waals surface area contributed by atoms with Gasteiger partial charge in [-0.1, -0.05) is 33.3 Å². The van der Waals surface area contributed by atoms with Crippen LogP contribution >= 0.6 is 0 Å². The second-order valence-corrected chi connectivity index (χ2v) is 9.30. The standard InChI is InChI=1S/C20H32O2/c1-5-17(2)11-7-16-19(4)10-6-9-18(3,14-21)15(19)8-12-20(16,22)13-17/h5,14-16,22H,1,6-13H2,2-4H3/t15-,16+,17-,18-,19-,20-/m0/s1. The highest BCUT2D eigenvalue weighted by atomic mass is 16.3. The lowest BCUT2D eigenvalue weighted by Crippen LogP contribution is -2.62. The fourth-order valence-corrected chi connectivity index (χ4v) is 6.60. The first kappa shape index (κ1) is 16.2. The topological polar surface area (TPSA) is 37.3 Å². The zero-order chi connectivity index (χ0) is 16.2. The average molecular weight is 304 g/mol. The van der Waals surface area contributed by atoms with E-state index in [0.29, 0.717) is 11.8 Å². The van der Waals surface area contributed by atoms with Crippen LogP contribution in [-0.2, 0) is 4.79 Å². The molecule has 3 aliphatic rings. The summed E-state index contributed by atoms with van der Waals surface area (Å²) in [7, 11) is 0. The fourth-order valence-electron chi connectivity index (χ4n) is 6.60. The van der Waals surface area contributed by atoms with Gasteiger partial charge in [-0.2, -0.15) is 0 Å². The average Bonchev–Trinajstić information content (AvgIpc) is 2.46. The summed E-state index contributed by atoms with van der Waals surface area (Å²) in [5.41, 5.74) is -0.568. The van der Waals surface area contributed by atoms with Crippen LogP contribution in [0.4, 0.5) is 0 Å². The minimum atomic E-state index is -0.562. The lowest BCUT2D eigenvalue weighted by atomic mass is 9.42. The molecule has 0 aromatic heterocycles. The van der Waals surface area contributed by atoms with Crippen molar-refractivity contribution in [1.29, 1.82) is 0 Å². The van der Waals surface area contributed by atoms with Gasteiger partial charge in [-0.3, -0.25) is 0 Å². The van der Waals surface area contributed by atoms with Gasteiger partial charge < -0.3 is 9.90 Å². The lowest BCUT2D eigenvalue weighted by Gasteiger charge is -2.64. The van der Waals surface area contributed by atoms with Crippen molar-refractivity contribution in [3.63, 3.8) is 0 Å². The SMILES string of the molecule is C=C[C@@]1(C)CC[C@H]2[C@](O)(CC[C@@H]3[C@]2(C)CCC[C@@]3(C)C=O)C1. The Morgan fingerprint density at radius 1 is 1.05 bits per heavy atom. The number of fused-ring (bicyclic) bond motifs is 3. The Bertz CT molecular complexity index is 486. The molecule has 0 aromatic carbocycles. The van der Waals surface area contributed by atoms with E-state index in [1.165, 1.54) is 12.7 Å². The zero-order valence-electron chi connectivity index (χ0n) is 14.5. The lowest BCUT2D eigenvalue weighted by molar-refractivity contribution is -0.203. The van der Waals surface area contributed by atoms with E-state index < -0.39 is 5.60 Å². The second-order valence-electron chi connectivity index (χ2n) is 9.30. The predicted octanol–water partition coefficient (Wildman–Crippen LogP) is 4.52. The second kappa shape index (κ2) is 4.93. The molecule has 1 N–H and O–H groups in total. The number of hydrogen-bond donors (Lipinski definition) is 1. The molecule has 124 valence electrons. The fraction of sp³-hybridized carbons (Fsp3) is 0.850. The third-order valence-electron chi connectivity index (χ3n) is 7.81. The van der Waals surface area contributed by atoms with Gasteiger partial charge in [0, 0.05) is 5.41 Å². The van der Waals surface area contributed by atoms with Crippen molar-refractivity contribution in [3.05, 3.63) is 12.7 Å². The number of carbonyl (C=O) groups is 1. The van der Waals surface area contributed by atoms with E-state index in [-0.39, 0.29) is 16.2 Å². The molecule has 0 bridgehead atoms. The van der Waals surface area contributed by atoms with Crippen molar-refractivity contribution in [2.75, 3.05) is 0 Å². The Kier molecular flexibility index (Phi) is 3.64. The molecular formula is C20H32O2. The van der Waals surface area contributed by atoms with Crippen LogP contribution in [0.5, 0.6) is 0 Å². The highest BCUT2D eigenvalue weighted by Gasteiger charge is 2.62. The molecule has 0 unspecified atom stereocenters. The molecule has 0 heterocycles. The third-order valence-corrected chi connectivity index (χ3v) is 7.81. The van der Waals surface area contributed by atoms with E-state index >= 15 is 0 Å². The molecule has 0 aromatic rings. The van der Waals surface area contributed by atoms with Crippen molar-refractivity contribution in [1.82, 2.24) is 0 Å². The van der Waals surface area contributed by atoms with Gasteiger partial charge in [0.05, 0.1) is 5.60 Å². The molecule has 3 saturated carbocycles. The van der Waals surface area contributed by atoms with Gasteiger partial charge in [0.25, 0.3) is 0 Å². The van der Waals surface area contributed by atoms with Crippen molar-refractivity contribution < 1.29 is 9.90 Å². The molecule has 0 spiro atoms. The van der Waals surface area contributed by atoms with Crippen molar-refractivity contribution >= 4 is 6.29 Å². The summed E-state index contributed by atoms with van der Waals surface area (Å²) in [4.78, 5) is 11.8. The molecule has 0 radical (unpaired) electrons. The van der Waals surface area contributed by atoms with Gasteiger partial charge in [-0.25, -0.2) is 0 Å². The van der Waals surface area contributed by atoms with E-state index in [4.69, 9.17) is 0 Å². The number of carbonyl (C=O) groups excluding carboxylic acids is 1. The van der Waals surface area contributed by atoms with Crippen LogP contribution in [0.15, 0.2) is 12.7 Å². The Morgan fingerprint density at radius 3 is 2.36 bits per heavy atom. The Labute approximate surface area is 135 Å². The number of aldehydes is 1. The summed E-state index contributed by atoms with van der Waals surface area (Å²) < 4.78 is 0. The molecule has 22 heavy (non-hydrogen) atoms. The van der Waals surface area contributed by atoms with E-state index in [1.54, 1.807) is 0 Å². The first-order chi connectivity index (χ1) is 10.2. The molecule has 0 amide bonds. The minimum absolute atomic E-state index is 0.0665. The summed E-state index contributed by atoms with van der Waals surface area (Å²) in [6.07, 6.45) is 11.4. The first-order valence-electron chi connectivity index (χ1n) is 9.04. The third kappa shape index (κ3) is 2.13. The van der Waals surface area contributed by atoms with Crippen LogP contribution in [0.1, 0.15) is 72.1 Å². The molecule has 2 nitrogen and oxygen atoms in total. The van der Waals surface area contributed by atoms with E-state index in [9.17, 15) is 9.90 Å². The first-order valence-corrected chi connectivity index (χ1v) is 9.04. The number of allylic oxidation sites excluding steroid dienone is 1. The maximum absolute atomic E-state index is 11.8. The van der Waals surface area contributed by atoms with Crippen LogP contribution in [-0.4, -0.2) is 17.0 Å². The van der Waals surface area contributed by atoms with Crippen molar-refractivity contribution in [2.45, 2.75) is 77.7 Å². The Balaban J connectivity index is 1.96. The van der Waals surface area contributed by atoms with Crippen LogP contribution in [0, 0.1) is 28.1 Å². The van der Waals surface area contributed by atoms with Crippen LogP contribution in [0.25, 0.3) is 0 Å². The van der Waals surface area contributed by atoms with Crippen molar-refractivity contribution in [3.8, 4) is 0 Å². The number of rotatable bonds is 2. The number of hydrogen-bond acceptors (Lipinski definition) is 2. The largest absolute Gasteiger partial charge is 0.390 e.